The van der Waals surface area contributed by atoms with Gasteiger partial charge in [0.15, 0.2) is 0 Å². The first-order chi connectivity index (χ1) is 8.13. The molecular formula is C13H16BrNO2. The van der Waals surface area contributed by atoms with Crippen LogP contribution in [0.4, 0.5) is 0 Å². The van der Waals surface area contributed by atoms with Crippen LogP contribution in [0.3, 0.4) is 0 Å². The minimum absolute atomic E-state index is 0.0605. The summed E-state index contributed by atoms with van der Waals surface area (Å²) >= 11 is 3.45. The number of hydrogen-bond donors (Lipinski definition) is 1. The van der Waals surface area contributed by atoms with Crippen LogP contribution in [0.15, 0.2) is 18.2 Å². The molecule has 2 rings (SSSR count). The number of amides is 1. The van der Waals surface area contributed by atoms with Crippen molar-refractivity contribution in [2.75, 3.05) is 18.4 Å². The maximum absolute atomic E-state index is 12.2. The highest BCUT2D eigenvalue weighted by molar-refractivity contribution is 9.09. The van der Waals surface area contributed by atoms with Crippen LogP contribution in [0.5, 0.6) is 5.75 Å². The van der Waals surface area contributed by atoms with Crippen LogP contribution in [-0.2, 0) is 0 Å². The van der Waals surface area contributed by atoms with Gasteiger partial charge in [0.1, 0.15) is 5.75 Å². The van der Waals surface area contributed by atoms with Crippen molar-refractivity contribution in [3.63, 3.8) is 0 Å². The molecule has 1 aromatic rings. The molecule has 1 aliphatic rings. The zero-order valence-corrected chi connectivity index (χ0v) is 11.4. The van der Waals surface area contributed by atoms with E-state index in [0.717, 1.165) is 30.4 Å². The van der Waals surface area contributed by atoms with Crippen molar-refractivity contribution in [1.82, 2.24) is 4.90 Å². The summed E-state index contributed by atoms with van der Waals surface area (Å²) in [6, 6.07) is 5.30. The van der Waals surface area contributed by atoms with Crippen LogP contribution < -0.4 is 0 Å². The van der Waals surface area contributed by atoms with E-state index in [1.54, 1.807) is 25.1 Å². The van der Waals surface area contributed by atoms with Crippen LogP contribution in [0.2, 0.25) is 0 Å². The largest absolute Gasteiger partial charge is 0.507 e. The summed E-state index contributed by atoms with van der Waals surface area (Å²) in [5.41, 5.74) is 1.16. The van der Waals surface area contributed by atoms with Crippen LogP contribution in [0, 0.1) is 12.8 Å². The van der Waals surface area contributed by atoms with Crippen LogP contribution in [0.1, 0.15) is 22.3 Å². The Morgan fingerprint density at radius 2 is 2.35 bits per heavy atom. The summed E-state index contributed by atoms with van der Waals surface area (Å²) in [6.07, 6.45) is 1.03. The molecule has 4 heteroatoms. The molecule has 92 valence electrons. The lowest BCUT2D eigenvalue weighted by atomic mass is 10.1. The number of benzene rings is 1. The van der Waals surface area contributed by atoms with E-state index >= 15 is 0 Å². The van der Waals surface area contributed by atoms with Gasteiger partial charge in [-0.05, 0) is 30.9 Å². The fourth-order valence-electron chi connectivity index (χ4n) is 2.14. The molecule has 17 heavy (non-hydrogen) atoms. The van der Waals surface area contributed by atoms with Gasteiger partial charge in [-0.1, -0.05) is 28.1 Å². The molecule has 1 aliphatic heterocycles. The Balaban J connectivity index is 2.18. The number of aryl methyl sites for hydroxylation is 1. The highest BCUT2D eigenvalue weighted by Crippen LogP contribution is 2.26. The first-order valence-electron chi connectivity index (χ1n) is 5.77. The molecule has 0 aliphatic carbocycles. The summed E-state index contributed by atoms with van der Waals surface area (Å²) in [7, 11) is 0. The molecule has 1 fully saturated rings. The minimum atomic E-state index is -0.0605. The van der Waals surface area contributed by atoms with E-state index in [9.17, 15) is 9.90 Å². The van der Waals surface area contributed by atoms with Crippen LogP contribution in [0.25, 0.3) is 0 Å². The van der Waals surface area contributed by atoms with Crippen molar-refractivity contribution in [1.29, 1.82) is 0 Å². The monoisotopic (exact) mass is 297 g/mol. The highest BCUT2D eigenvalue weighted by Gasteiger charge is 2.27. The summed E-state index contributed by atoms with van der Waals surface area (Å²) in [5, 5.41) is 10.8. The van der Waals surface area contributed by atoms with Gasteiger partial charge >= 0.3 is 0 Å². The molecule has 1 aromatic carbocycles. The molecule has 1 amide bonds. The van der Waals surface area contributed by atoms with Gasteiger partial charge in [-0.15, -0.1) is 0 Å². The third-order valence-electron chi connectivity index (χ3n) is 3.26. The first kappa shape index (κ1) is 12.4. The Kier molecular flexibility index (Phi) is 3.72. The maximum Gasteiger partial charge on any atom is 0.257 e. The number of halogens is 1. The molecule has 1 N–H and O–H groups in total. The van der Waals surface area contributed by atoms with Crippen molar-refractivity contribution in [2.24, 2.45) is 5.92 Å². The molecule has 0 spiro atoms. The van der Waals surface area contributed by atoms with Gasteiger partial charge in [0, 0.05) is 18.4 Å². The molecular weight excluding hydrogens is 282 g/mol. The van der Waals surface area contributed by atoms with Gasteiger partial charge in [0.25, 0.3) is 5.91 Å². The third-order valence-corrected chi connectivity index (χ3v) is 4.18. The fourth-order valence-corrected chi connectivity index (χ4v) is 2.67. The minimum Gasteiger partial charge on any atom is -0.507 e. The Hall–Kier alpha value is -1.03. The molecule has 1 heterocycles. The van der Waals surface area contributed by atoms with Crippen molar-refractivity contribution < 1.29 is 9.90 Å². The van der Waals surface area contributed by atoms with E-state index in [2.05, 4.69) is 15.9 Å². The number of likely N-dealkylation sites (tertiary alicyclic amines) is 1. The van der Waals surface area contributed by atoms with Gasteiger partial charge in [-0.25, -0.2) is 0 Å². The molecule has 0 saturated carbocycles. The molecule has 1 unspecified atom stereocenters. The van der Waals surface area contributed by atoms with Gasteiger partial charge in [-0.3, -0.25) is 4.79 Å². The smallest absolute Gasteiger partial charge is 0.257 e. The Morgan fingerprint density at radius 1 is 1.59 bits per heavy atom. The SMILES string of the molecule is Cc1cccc(C(=O)N2CCC(CBr)C2)c1O. The Morgan fingerprint density at radius 3 is 3.00 bits per heavy atom. The number of hydrogen-bond acceptors (Lipinski definition) is 2. The maximum atomic E-state index is 12.2. The van der Waals surface area contributed by atoms with Gasteiger partial charge in [0.2, 0.25) is 0 Å². The second-order valence-corrected chi connectivity index (χ2v) is 5.18. The van der Waals surface area contributed by atoms with E-state index in [0.29, 0.717) is 11.5 Å². The van der Waals surface area contributed by atoms with Gasteiger partial charge in [-0.2, -0.15) is 0 Å². The van der Waals surface area contributed by atoms with Crippen molar-refractivity contribution in [3.8, 4) is 5.75 Å². The lowest BCUT2D eigenvalue weighted by molar-refractivity contribution is 0.0785. The van der Waals surface area contributed by atoms with Crippen molar-refractivity contribution >= 4 is 21.8 Å². The lowest BCUT2D eigenvalue weighted by Gasteiger charge is -2.17. The summed E-state index contributed by atoms with van der Waals surface area (Å²) in [4.78, 5) is 14.1. The lowest BCUT2D eigenvalue weighted by Crippen LogP contribution is -2.29. The predicted octanol–water partition coefficient (Wildman–Crippen LogP) is 2.56. The van der Waals surface area contributed by atoms with E-state index in [1.807, 2.05) is 4.90 Å². The topological polar surface area (TPSA) is 40.5 Å². The Labute approximate surface area is 110 Å². The fraction of sp³-hybridized carbons (Fsp3) is 0.462. The predicted molar refractivity (Wildman–Crippen MR) is 70.6 cm³/mol. The quantitative estimate of drug-likeness (QED) is 0.853. The number of aromatic hydroxyl groups is 1. The number of rotatable bonds is 2. The van der Waals surface area contributed by atoms with Gasteiger partial charge < -0.3 is 10.0 Å². The number of alkyl halides is 1. The van der Waals surface area contributed by atoms with E-state index in [-0.39, 0.29) is 11.7 Å². The Bertz CT molecular complexity index is 433. The summed E-state index contributed by atoms with van der Waals surface area (Å²) < 4.78 is 0. The number of nitrogens with zero attached hydrogens (tertiary/aromatic N) is 1. The molecule has 0 bridgehead atoms. The number of para-hydroxylation sites is 1. The first-order valence-corrected chi connectivity index (χ1v) is 6.89. The molecule has 0 radical (unpaired) electrons. The molecule has 3 nitrogen and oxygen atoms in total. The van der Waals surface area contributed by atoms with Gasteiger partial charge in [0.05, 0.1) is 5.56 Å². The average Bonchev–Trinajstić information content (AvgIpc) is 2.80. The highest BCUT2D eigenvalue weighted by atomic mass is 79.9. The molecule has 0 aromatic heterocycles. The standard InChI is InChI=1S/C13H16BrNO2/c1-9-3-2-4-11(12(9)16)13(17)15-6-5-10(7-14)8-15/h2-4,10,16H,5-8H2,1H3. The second-order valence-electron chi connectivity index (χ2n) is 4.53. The second kappa shape index (κ2) is 5.08. The van der Waals surface area contributed by atoms with E-state index in [4.69, 9.17) is 0 Å². The van der Waals surface area contributed by atoms with Crippen LogP contribution >= 0.6 is 15.9 Å². The number of carbonyl (C=O) groups excluding carboxylic acids is 1. The summed E-state index contributed by atoms with van der Waals surface area (Å²) in [5.74, 6) is 0.584. The number of phenolic OH excluding ortho intramolecular Hbond substituents is 1. The summed E-state index contributed by atoms with van der Waals surface area (Å²) in [6.45, 7) is 3.36. The van der Waals surface area contributed by atoms with Crippen LogP contribution in [-0.4, -0.2) is 34.3 Å². The van der Waals surface area contributed by atoms with Crippen molar-refractivity contribution in [3.05, 3.63) is 29.3 Å². The van der Waals surface area contributed by atoms with E-state index < -0.39 is 0 Å². The normalized spacial score (nSPS) is 19.6. The molecule has 1 saturated heterocycles. The van der Waals surface area contributed by atoms with Crippen molar-refractivity contribution in [2.45, 2.75) is 13.3 Å². The van der Waals surface area contributed by atoms with E-state index in [1.165, 1.54) is 0 Å². The number of carbonyl (C=O) groups is 1. The molecule has 1 atom stereocenters. The third kappa shape index (κ3) is 2.46. The average molecular weight is 298 g/mol. The number of phenols is 1. The zero-order valence-electron chi connectivity index (χ0n) is 9.82. The zero-order chi connectivity index (χ0) is 12.4.